The summed E-state index contributed by atoms with van der Waals surface area (Å²) in [6.45, 7) is 8.29. The fourth-order valence-corrected chi connectivity index (χ4v) is 3.80. The van der Waals surface area contributed by atoms with Crippen LogP contribution in [0.15, 0.2) is 48.5 Å². The number of ether oxygens (including phenoxy) is 1. The van der Waals surface area contributed by atoms with Crippen molar-refractivity contribution < 1.29 is 9.53 Å². The summed E-state index contributed by atoms with van der Waals surface area (Å²) in [6.07, 6.45) is 0. The van der Waals surface area contributed by atoms with Gasteiger partial charge in [-0.05, 0) is 42.2 Å². The molecule has 0 saturated carbocycles. The molecule has 4 aromatic rings. The van der Waals surface area contributed by atoms with Crippen LogP contribution in [0.25, 0.3) is 17.2 Å². The van der Waals surface area contributed by atoms with Gasteiger partial charge in [0.15, 0.2) is 11.5 Å². The van der Waals surface area contributed by atoms with Crippen molar-refractivity contribution in [1.29, 1.82) is 0 Å². The molecule has 1 N–H and O–H groups in total. The number of benzene rings is 2. The van der Waals surface area contributed by atoms with E-state index < -0.39 is 0 Å². The number of carbonyl (C=O) groups is 1. The van der Waals surface area contributed by atoms with Crippen molar-refractivity contribution in [3.05, 3.63) is 65.4 Å². The van der Waals surface area contributed by atoms with Crippen molar-refractivity contribution in [2.24, 2.45) is 0 Å². The van der Waals surface area contributed by atoms with Crippen LogP contribution in [0.3, 0.4) is 0 Å². The lowest BCUT2D eigenvalue weighted by Gasteiger charge is -2.18. The number of carbonyl (C=O) groups excluding carboxylic acids is 1. The number of amides is 1. The summed E-state index contributed by atoms with van der Waals surface area (Å²) in [4.78, 5) is 17.1. The third kappa shape index (κ3) is 4.24. The summed E-state index contributed by atoms with van der Waals surface area (Å²) in [5.41, 5.74) is 3.84. The zero-order valence-corrected chi connectivity index (χ0v) is 19.4. The molecule has 2 aromatic carbocycles. The van der Waals surface area contributed by atoms with Gasteiger partial charge in [-0.3, -0.25) is 10.1 Å². The van der Waals surface area contributed by atoms with E-state index in [1.807, 2.05) is 55.5 Å². The predicted molar refractivity (Wildman–Crippen MR) is 125 cm³/mol. The van der Waals surface area contributed by atoms with Crippen LogP contribution >= 0.6 is 11.5 Å². The molecule has 0 aliphatic heterocycles. The summed E-state index contributed by atoms with van der Waals surface area (Å²) in [7, 11) is 1.61. The first-order valence-electron chi connectivity index (χ1n) is 10.1. The zero-order chi connectivity index (χ0) is 22.9. The molecule has 0 radical (unpaired) electrons. The Bertz CT molecular complexity index is 1250. The largest absolute Gasteiger partial charge is 0.494 e. The van der Waals surface area contributed by atoms with Gasteiger partial charge in [0.1, 0.15) is 11.4 Å². The van der Waals surface area contributed by atoms with Crippen LogP contribution in [-0.4, -0.2) is 37.4 Å². The number of rotatable bonds is 5. The minimum absolute atomic E-state index is 0.0300. The number of methoxy groups -OCH3 is 1. The van der Waals surface area contributed by atoms with Gasteiger partial charge in [-0.1, -0.05) is 50.3 Å². The van der Waals surface area contributed by atoms with Crippen LogP contribution in [-0.2, 0) is 5.41 Å². The van der Waals surface area contributed by atoms with Gasteiger partial charge in [-0.15, -0.1) is 5.10 Å². The van der Waals surface area contributed by atoms with Crippen LogP contribution in [0, 0.1) is 6.92 Å². The summed E-state index contributed by atoms with van der Waals surface area (Å²) < 4.78 is 11.5. The van der Waals surface area contributed by atoms with E-state index in [-0.39, 0.29) is 11.3 Å². The first-order valence-corrected chi connectivity index (χ1v) is 10.9. The number of nitrogens with one attached hydrogen (secondary N) is 1. The number of hydrogen-bond donors (Lipinski definition) is 1. The molecule has 0 unspecified atom stereocenters. The quantitative estimate of drug-likeness (QED) is 0.477. The summed E-state index contributed by atoms with van der Waals surface area (Å²) in [5, 5.41) is 11.7. The Morgan fingerprint density at radius 2 is 1.81 bits per heavy atom. The summed E-state index contributed by atoms with van der Waals surface area (Å²) in [6, 6.07) is 15.1. The van der Waals surface area contributed by atoms with E-state index in [0.29, 0.717) is 28.0 Å². The lowest BCUT2D eigenvalue weighted by Crippen LogP contribution is -2.14. The fourth-order valence-electron chi connectivity index (χ4n) is 3.23. The Hall–Kier alpha value is -3.59. The third-order valence-corrected chi connectivity index (χ3v) is 5.71. The molecule has 32 heavy (non-hydrogen) atoms. The Balaban J connectivity index is 1.53. The van der Waals surface area contributed by atoms with Gasteiger partial charge in [0.05, 0.1) is 12.8 Å². The standard InChI is InChI=1S/C23H24N6O2S/c1-14-19(26-28-29(14)17-8-6-7-9-18(17)31-5)20-24-22(32-27-20)25-21(30)15-10-12-16(13-11-15)23(2,3)4/h6-13H,1-5H3,(H,24,25,27,30). The van der Waals surface area contributed by atoms with Crippen molar-refractivity contribution in [2.75, 3.05) is 12.4 Å². The van der Waals surface area contributed by atoms with Gasteiger partial charge in [-0.25, -0.2) is 4.68 Å². The highest BCUT2D eigenvalue weighted by Crippen LogP contribution is 2.28. The average Bonchev–Trinajstić information content (AvgIpc) is 3.39. The number of hydrogen-bond acceptors (Lipinski definition) is 7. The van der Waals surface area contributed by atoms with E-state index in [0.717, 1.165) is 22.9 Å². The number of aromatic nitrogens is 5. The molecule has 1 amide bonds. The van der Waals surface area contributed by atoms with E-state index in [9.17, 15) is 4.79 Å². The molecule has 9 heteroatoms. The highest BCUT2D eigenvalue weighted by atomic mass is 32.1. The summed E-state index contributed by atoms with van der Waals surface area (Å²) in [5.74, 6) is 0.860. The number of nitrogens with zero attached hydrogens (tertiary/aromatic N) is 5. The SMILES string of the molecule is COc1ccccc1-n1nnc(-c2nsc(NC(=O)c3ccc(C(C)(C)C)cc3)n2)c1C. The van der Waals surface area contributed by atoms with Crippen molar-refractivity contribution in [3.8, 4) is 23.0 Å². The Labute approximate surface area is 190 Å². The second-order valence-electron chi connectivity index (χ2n) is 8.31. The maximum atomic E-state index is 12.6. The molecular weight excluding hydrogens is 424 g/mol. The van der Waals surface area contributed by atoms with Gasteiger partial charge >= 0.3 is 0 Å². The highest BCUT2D eigenvalue weighted by Gasteiger charge is 2.20. The molecule has 0 aliphatic rings. The Kier molecular flexibility index (Phi) is 5.75. The molecule has 164 valence electrons. The van der Waals surface area contributed by atoms with E-state index in [4.69, 9.17) is 4.74 Å². The lowest BCUT2D eigenvalue weighted by molar-refractivity contribution is 0.102. The van der Waals surface area contributed by atoms with Crippen molar-refractivity contribution in [2.45, 2.75) is 33.1 Å². The molecule has 0 fully saturated rings. The van der Waals surface area contributed by atoms with Crippen LogP contribution in [0.2, 0.25) is 0 Å². The van der Waals surface area contributed by atoms with Gasteiger partial charge in [0, 0.05) is 17.1 Å². The van der Waals surface area contributed by atoms with Gasteiger partial charge in [0.25, 0.3) is 5.91 Å². The molecule has 2 heterocycles. The average molecular weight is 449 g/mol. The van der Waals surface area contributed by atoms with Gasteiger partial charge in [0.2, 0.25) is 5.13 Å². The van der Waals surface area contributed by atoms with Crippen molar-refractivity contribution in [3.63, 3.8) is 0 Å². The molecule has 0 spiro atoms. The minimum atomic E-state index is -0.234. The molecule has 8 nitrogen and oxygen atoms in total. The Morgan fingerprint density at radius 3 is 2.50 bits per heavy atom. The van der Waals surface area contributed by atoms with Gasteiger partial charge < -0.3 is 4.74 Å². The molecule has 2 aromatic heterocycles. The maximum absolute atomic E-state index is 12.6. The summed E-state index contributed by atoms with van der Waals surface area (Å²) >= 11 is 1.10. The zero-order valence-electron chi connectivity index (χ0n) is 18.6. The van der Waals surface area contributed by atoms with Crippen molar-refractivity contribution >= 4 is 22.6 Å². The first kappa shape index (κ1) is 21.6. The third-order valence-electron chi connectivity index (χ3n) is 5.08. The van der Waals surface area contributed by atoms with Crippen LogP contribution in [0.5, 0.6) is 5.75 Å². The lowest BCUT2D eigenvalue weighted by atomic mass is 9.87. The second-order valence-corrected chi connectivity index (χ2v) is 9.06. The second kappa shape index (κ2) is 8.51. The molecular formula is C23H24N6O2S. The number of anilines is 1. The van der Waals surface area contributed by atoms with E-state index in [1.165, 1.54) is 5.56 Å². The monoisotopic (exact) mass is 448 g/mol. The topological polar surface area (TPSA) is 94.8 Å². The number of para-hydroxylation sites is 2. The first-order chi connectivity index (χ1) is 15.3. The highest BCUT2D eigenvalue weighted by molar-refractivity contribution is 7.10. The normalized spacial score (nSPS) is 11.4. The van der Waals surface area contributed by atoms with Crippen molar-refractivity contribution in [1.82, 2.24) is 24.4 Å². The maximum Gasteiger partial charge on any atom is 0.257 e. The molecule has 0 saturated heterocycles. The smallest absolute Gasteiger partial charge is 0.257 e. The molecule has 0 bridgehead atoms. The van der Waals surface area contributed by atoms with Crippen LogP contribution in [0.4, 0.5) is 5.13 Å². The molecule has 0 atom stereocenters. The molecule has 0 aliphatic carbocycles. The van der Waals surface area contributed by atoms with Crippen LogP contribution < -0.4 is 10.1 Å². The fraction of sp³-hybridized carbons (Fsp3) is 0.261. The van der Waals surface area contributed by atoms with E-state index in [1.54, 1.807) is 11.8 Å². The molecule has 4 rings (SSSR count). The Morgan fingerprint density at radius 1 is 1.09 bits per heavy atom. The predicted octanol–water partition coefficient (Wildman–Crippen LogP) is 4.65. The van der Waals surface area contributed by atoms with Gasteiger partial charge in [-0.2, -0.15) is 9.36 Å². The van der Waals surface area contributed by atoms with E-state index in [2.05, 4.69) is 45.8 Å². The van der Waals surface area contributed by atoms with Crippen LogP contribution in [0.1, 0.15) is 42.4 Å². The minimum Gasteiger partial charge on any atom is -0.494 e. The van der Waals surface area contributed by atoms with E-state index >= 15 is 0 Å².